The second-order valence-electron chi connectivity index (χ2n) is 2.05. The second kappa shape index (κ2) is 2.94. The van der Waals surface area contributed by atoms with E-state index in [4.69, 9.17) is 17.3 Å². The predicted molar refractivity (Wildman–Crippen MR) is 39.6 cm³/mol. The maximum atomic E-state index is 5.52. The van der Waals surface area contributed by atoms with Gasteiger partial charge in [-0.3, -0.25) is 4.98 Å². The first-order valence-corrected chi connectivity index (χ1v) is 3.31. The molecule has 10 heavy (non-hydrogen) atoms. The summed E-state index contributed by atoms with van der Waals surface area (Å²) in [6.07, 6.45) is 3.06. The predicted octanol–water partition coefficient (Wildman–Crippen LogP) is 1.15. The Labute approximate surface area is 64.2 Å². The van der Waals surface area contributed by atoms with E-state index in [1.54, 1.807) is 6.20 Å². The molecule has 0 saturated carbocycles. The third-order valence-corrected chi connectivity index (χ3v) is 1.30. The van der Waals surface area contributed by atoms with E-state index < -0.39 is 0 Å². The molecule has 1 rings (SSSR count). The third-order valence-electron chi connectivity index (χ3n) is 1.11. The van der Waals surface area contributed by atoms with Crippen LogP contribution in [0.4, 0.5) is 0 Å². The van der Waals surface area contributed by atoms with E-state index in [1.807, 2.05) is 6.92 Å². The number of hydrogen-bond acceptors (Lipinski definition) is 3. The van der Waals surface area contributed by atoms with Crippen LogP contribution < -0.4 is 5.73 Å². The molecule has 1 heterocycles. The SMILES string of the molecule is C[C@@H](N)c1cnc(Cl)cn1. The summed E-state index contributed by atoms with van der Waals surface area (Å²) in [5, 5.41) is 0.393. The van der Waals surface area contributed by atoms with Crippen LogP contribution >= 0.6 is 11.6 Å². The highest BCUT2D eigenvalue weighted by Gasteiger charge is 1.99. The van der Waals surface area contributed by atoms with Gasteiger partial charge in [0.1, 0.15) is 5.15 Å². The van der Waals surface area contributed by atoms with E-state index in [9.17, 15) is 0 Å². The Bertz CT molecular complexity index is 207. The quantitative estimate of drug-likeness (QED) is 0.666. The first kappa shape index (κ1) is 7.44. The van der Waals surface area contributed by atoms with E-state index in [0.29, 0.717) is 5.15 Å². The van der Waals surface area contributed by atoms with Crippen molar-refractivity contribution >= 4 is 11.6 Å². The highest BCUT2D eigenvalue weighted by Crippen LogP contribution is 2.06. The highest BCUT2D eigenvalue weighted by atomic mass is 35.5. The van der Waals surface area contributed by atoms with E-state index in [0.717, 1.165) is 5.69 Å². The number of halogens is 1. The van der Waals surface area contributed by atoms with Crippen LogP contribution in [-0.4, -0.2) is 9.97 Å². The fourth-order valence-electron chi connectivity index (χ4n) is 0.557. The zero-order valence-corrected chi connectivity index (χ0v) is 6.34. The van der Waals surface area contributed by atoms with Crippen molar-refractivity contribution in [3.63, 3.8) is 0 Å². The second-order valence-corrected chi connectivity index (χ2v) is 2.44. The molecule has 2 N–H and O–H groups in total. The molecule has 0 unspecified atom stereocenters. The van der Waals surface area contributed by atoms with Gasteiger partial charge in [-0.1, -0.05) is 11.6 Å². The standard InChI is InChI=1S/C6H8ClN3/c1-4(8)5-2-10-6(7)3-9-5/h2-4H,8H2,1H3/t4-/m1/s1. The van der Waals surface area contributed by atoms with Crippen molar-refractivity contribution in [2.45, 2.75) is 13.0 Å². The molecule has 1 aromatic heterocycles. The molecule has 0 radical (unpaired) electrons. The van der Waals surface area contributed by atoms with Crippen LogP contribution in [0.1, 0.15) is 18.7 Å². The summed E-state index contributed by atoms with van der Waals surface area (Å²) in [6, 6.07) is -0.0789. The van der Waals surface area contributed by atoms with Crippen LogP contribution in [0.5, 0.6) is 0 Å². The molecule has 0 saturated heterocycles. The van der Waals surface area contributed by atoms with Gasteiger partial charge in [0.05, 0.1) is 18.1 Å². The van der Waals surface area contributed by atoms with Crippen molar-refractivity contribution in [2.75, 3.05) is 0 Å². The minimum absolute atomic E-state index is 0.0789. The van der Waals surface area contributed by atoms with Gasteiger partial charge in [0.25, 0.3) is 0 Å². The normalized spacial score (nSPS) is 13.1. The Hall–Kier alpha value is -0.670. The first-order valence-electron chi connectivity index (χ1n) is 2.93. The molecule has 0 fully saturated rings. The maximum absolute atomic E-state index is 5.52. The summed E-state index contributed by atoms with van der Waals surface area (Å²) >= 11 is 5.50. The summed E-state index contributed by atoms with van der Waals surface area (Å²) in [4.78, 5) is 7.78. The van der Waals surface area contributed by atoms with Gasteiger partial charge in [-0.2, -0.15) is 0 Å². The van der Waals surface area contributed by atoms with Crippen molar-refractivity contribution < 1.29 is 0 Å². The lowest BCUT2D eigenvalue weighted by Gasteiger charge is -2.01. The monoisotopic (exact) mass is 157 g/mol. The molecule has 1 atom stereocenters. The number of nitrogens with two attached hydrogens (primary N) is 1. The molecule has 4 heteroatoms. The topological polar surface area (TPSA) is 51.8 Å². The number of nitrogens with zero attached hydrogens (tertiary/aromatic N) is 2. The lowest BCUT2D eigenvalue weighted by molar-refractivity contribution is 0.772. The number of hydrogen-bond donors (Lipinski definition) is 1. The van der Waals surface area contributed by atoms with Crippen molar-refractivity contribution in [1.82, 2.24) is 9.97 Å². The Balaban J connectivity index is 2.89. The molecule has 0 amide bonds. The van der Waals surface area contributed by atoms with E-state index >= 15 is 0 Å². The Morgan fingerprint density at radius 3 is 2.60 bits per heavy atom. The van der Waals surface area contributed by atoms with Gasteiger partial charge in [0.15, 0.2) is 0 Å². The molecule has 3 nitrogen and oxygen atoms in total. The Morgan fingerprint density at radius 2 is 2.20 bits per heavy atom. The molecule has 0 aliphatic rings. The summed E-state index contributed by atoms with van der Waals surface area (Å²) < 4.78 is 0. The first-order chi connectivity index (χ1) is 4.70. The van der Waals surface area contributed by atoms with Gasteiger partial charge < -0.3 is 5.73 Å². The van der Waals surface area contributed by atoms with E-state index in [1.165, 1.54) is 6.20 Å². The summed E-state index contributed by atoms with van der Waals surface area (Å²) in [6.45, 7) is 1.85. The average molecular weight is 158 g/mol. The molecule has 0 bridgehead atoms. The zero-order chi connectivity index (χ0) is 7.56. The largest absolute Gasteiger partial charge is 0.323 e. The highest BCUT2D eigenvalue weighted by molar-refractivity contribution is 6.29. The summed E-state index contributed by atoms with van der Waals surface area (Å²) in [5.41, 5.74) is 6.27. The van der Waals surface area contributed by atoms with Crippen molar-refractivity contribution in [3.8, 4) is 0 Å². The van der Waals surface area contributed by atoms with Crippen LogP contribution in [0, 0.1) is 0 Å². The van der Waals surface area contributed by atoms with E-state index in [-0.39, 0.29) is 6.04 Å². The molecular formula is C6H8ClN3. The Kier molecular flexibility index (Phi) is 2.19. The number of aromatic nitrogens is 2. The molecular weight excluding hydrogens is 150 g/mol. The number of rotatable bonds is 1. The smallest absolute Gasteiger partial charge is 0.147 e. The van der Waals surface area contributed by atoms with Crippen molar-refractivity contribution in [2.24, 2.45) is 5.73 Å². The zero-order valence-electron chi connectivity index (χ0n) is 5.58. The minimum Gasteiger partial charge on any atom is -0.323 e. The molecule has 0 aromatic carbocycles. The molecule has 0 aliphatic heterocycles. The summed E-state index contributed by atoms with van der Waals surface area (Å²) in [5.74, 6) is 0. The fourth-order valence-corrected chi connectivity index (χ4v) is 0.655. The van der Waals surface area contributed by atoms with E-state index in [2.05, 4.69) is 9.97 Å². The molecule has 0 aliphatic carbocycles. The molecule has 1 aromatic rings. The van der Waals surface area contributed by atoms with Crippen molar-refractivity contribution in [1.29, 1.82) is 0 Å². The third kappa shape index (κ3) is 1.65. The lowest BCUT2D eigenvalue weighted by Crippen LogP contribution is -2.07. The maximum Gasteiger partial charge on any atom is 0.147 e. The van der Waals surface area contributed by atoms with Gasteiger partial charge in [-0.05, 0) is 6.92 Å². The molecule has 54 valence electrons. The lowest BCUT2D eigenvalue weighted by atomic mass is 10.3. The summed E-state index contributed by atoms with van der Waals surface area (Å²) in [7, 11) is 0. The van der Waals surface area contributed by atoms with Gasteiger partial charge in [0, 0.05) is 6.04 Å². The van der Waals surface area contributed by atoms with Gasteiger partial charge in [0.2, 0.25) is 0 Å². The van der Waals surface area contributed by atoms with Gasteiger partial charge in [-0.15, -0.1) is 0 Å². The van der Waals surface area contributed by atoms with Crippen molar-refractivity contribution in [3.05, 3.63) is 23.2 Å². The van der Waals surface area contributed by atoms with Gasteiger partial charge in [-0.25, -0.2) is 4.98 Å². The van der Waals surface area contributed by atoms with Crippen LogP contribution in [-0.2, 0) is 0 Å². The van der Waals surface area contributed by atoms with Crippen LogP contribution in [0.2, 0.25) is 5.15 Å². The molecule has 0 spiro atoms. The van der Waals surface area contributed by atoms with Crippen LogP contribution in [0.3, 0.4) is 0 Å². The Morgan fingerprint density at radius 1 is 1.50 bits per heavy atom. The minimum atomic E-state index is -0.0789. The average Bonchev–Trinajstić information content (AvgIpc) is 1.88. The fraction of sp³-hybridized carbons (Fsp3) is 0.333. The van der Waals surface area contributed by atoms with Crippen LogP contribution in [0.25, 0.3) is 0 Å². The van der Waals surface area contributed by atoms with Gasteiger partial charge >= 0.3 is 0 Å². The van der Waals surface area contributed by atoms with Crippen LogP contribution in [0.15, 0.2) is 12.4 Å².